The Kier molecular flexibility index (Phi) is 8.72. The molecule has 0 bridgehead atoms. The predicted molar refractivity (Wildman–Crippen MR) is 164 cm³/mol. The molecule has 4 aliphatic heterocycles. The average molecular weight is 613 g/mol. The van der Waals surface area contributed by atoms with Gasteiger partial charge in [-0.15, -0.1) is 0 Å². The minimum atomic E-state index is -1.02. The maximum atomic E-state index is 13.3. The number of anilines is 1. The number of amides is 6. The molecule has 45 heavy (non-hydrogen) atoms. The molecular formula is C33H36N6O6. The zero-order valence-electron chi connectivity index (χ0n) is 24.9. The molecule has 4 heterocycles. The van der Waals surface area contributed by atoms with Crippen molar-refractivity contribution in [3.05, 3.63) is 65.2 Å². The van der Waals surface area contributed by atoms with Crippen molar-refractivity contribution in [1.29, 1.82) is 0 Å². The standard InChI is InChI=1S/C33H36N6O6/c40-27-13-12-26(30(42)36-27)38-32(44)23-9-6-10-24(29(23)33(38)45)34-17-5-4-11-28(41)37-19-15-22(16-20-37)31(43)39-25(14-18-35-39)21-7-2-1-3-8-21/h1-3,6-10,18,22,25-26,34H,4-5,11-17,19-20H2,(H,36,40,42). The van der Waals surface area contributed by atoms with Crippen LogP contribution in [0.4, 0.5) is 5.69 Å². The van der Waals surface area contributed by atoms with Gasteiger partial charge in [0, 0.05) is 56.7 Å². The van der Waals surface area contributed by atoms with Crippen LogP contribution in [0.2, 0.25) is 0 Å². The number of nitrogens with one attached hydrogen (secondary N) is 2. The van der Waals surface area contributed by atoms with Crippen LogP contribution >= 0.6 is 0 Å². The van der Waals surface area contributed by atoms with E-state index in [1.807, 2.05) is 35.2 Å². The lowest BCUT2D eigenvalue weighted by molar-refractivity contribution is -0.142. The number of nitrogens with zero attached hydrogens (tertiary/aromatic N) is 4. The minimum absolute atomic E-state index is 0.0172. The molecule has 12 heteroatoms. The number of unbranched alkanes of at least 4 members (excludes halogenated alkanes) is 1. The van der Waals surface area contributed by atoms with Gasteiger partial charge in [-0.1, -0.05) is 36.4 Å². The van der Waals surface area contributed by atoms with Gasteiger partial charge in [0.05, 0.1) is 17.2 Å². The zero-order valence-corrected chi connectivity index (χ0v) is 24.9. The van der Waals surface area contributed by atoms with Crippen LogP contribution in [-0.4, -0.2) is 82.1 Å². The van der Waals surface area contributed by atoms with E-state index in [0.29, 0.717) is 63.8 Å². The van der Waals surface area contributed by atoms with Crippen LogP contribution in [0.25, 0.3) is 0 Å². The van der Waals surface area contributed by atoms with Crippen LogP contribution in [0.1, 0.15) is 83.7 Å². The molecule has 2 aromatic carbocycles. The van der Waals surface area contributed by atoms with E-state index in [1.165, 1.54) is 0 Å². The van der Waals surface area contributed by atoms with E-state index in [2.05, 4.69) is 15.7 Å². The van der Waals surface area contributed by atoms with E-state index in [9.17, 15) is 28.8 Å². The molecule has 2 N–H and O–H groups in total. The molecule has 0 aliphatic carbocycles. The SMILES string of the molecule is O=C1CCC(N2C(=O)c3cccc(NCCCCC(=O)N4CCC(C(=O)N5N=CCC5c5ccccc5)CC4)c3C2=O)C(=O)N1. The number of hydrogen-bond acceptors (Lipinski definition) is 8. The monoisotopic (exact) mass is 612 g/mol. The van der Waals surface area contributed by atoms with Crippen LogP contribution in [0, 0.1) is 5.92 Å². The molecule has 2 fully saturated rings. The molecular weight excluding hydrogens is 576 g/mol. The lowest BCUT2D eigenvalue weighted by Crippen LogP contribution is -2.54. The van der Waals surface area contributed by atoms with Crippen molar-refractivity contribution in [3.8, 4) is 0 Å². The molecule has 0 aromatic heterocycles. The first kappa shape index (κ1) is 30.2. The smallest absolute Gasteiger partial charge is 0.264 e. The molecule has 4 aliphatic rings. The number of fused-ring (bicyclic) bond motifs is 1. The zero-order chi connectivity index (χ0) is 31.5. The summed E-state index contributed by atoms with van der Waals surface area (Å²) < 4.78 is 0. The van der Waals surface area contributed by atoms with Crippen LogP contribution < -0.4 is 10.6 Å². The number of benzene rings is 2. The third-order valence-corrected chi connectivity index (χ3v) is 9.04. The van der Waals surface area contributed by atoms with Crippen molar-refractivity contribution in [2.24, 2.45) is 11.0 Å². The molecule has 0 saturated carbocycles. The molecule has 12 nitrogen and oxygen atoms in total. The Labute approximate surface area is 260 Å². The number of imide groups is 2. The van der Waals surface area contributed by atoms with Gasteiger partial charge in [0.2, 0.25) is 23.6 Å². The number of hydrogen-bond donors (Lipinski definition) is 2. The van der Waals surface area contributed by atoms with E-state index in [1.54, 1.807) is 29.4 Å². The fraction of sp³-hybridized carbons (Fsp3) is 0.424. The highest BCUT2D eigenvalue weighted by molar-refractivity contribution is 6.25. The highest BCUT2D eigenvalue weighted by Crippen LogP contribution is 2.33. The van der Waals surface area contributed by atoms with Crippen LogP contribution in [0.15, 0.2) is 53.6 Å². The van der Waals surface area contributed by atoms with Gasteiger partial charge in [0.1, 0.15) is 6.04 Å². The quantitative estimate of drug-likeness (QED) is 0.327. The number of piperidine rings is 2. The van der Waals surface area contributed by atoms with Crippen molar-refractivity contribution in [3.63, 3.8) is 0 Å². The summed E-state index contributed by atoms with van der Waals surface area (Å²) in [4.78, 5) is 79.1. The summed E-state index contributed by atoms with van der Waals surface area (Å²) in [6, 6.07) is 13.8. The third-order valence-electron chi connectivity index (χ3n) is 9.04. The fourth-order valence-electron chi connectivity index (χ4n) is 6.59. The van der Waals surface area contributed by atoms with Gasteiger partial charge >= 0.3 is 0 Å². The van der Waals surface area contributed by atoms with Crippen molar-refractivity contribution in [2.45, 2.75) is 63.5 Å². The highest BCUT2D eigenvalue weighted by atomic mass is 16.2. The summed E-state index contributed by atoms with van der Waals surface area (Å²) in [5.74, 6) is -2.25. The van der Waals surface area contributed by atoms with Crippen molar-refractivity contribution in [1.82, 2.24) is 20.1 Å². The van der Waals surface area contributed by atoms with E-state index >= 15 is 0 Å². The maximum Gasteiger partial charge on any atom is 0.264 e. The normalized spacial score (nSPS) is 21.7. The van der Waals surface area contributed by atoms with Crippen molar-refractivity contribution < 1.29 is 28.8 Å². The number of rotatable bonds is 9. The molecule has 234 valence electrons. The van der Waals surface area contributed by atoms with Crippen LogP contribution in [-0.2, 0) is 19.2 Å². The molecule has 2 atom stereocenters. The molecule has 6 amide bonds. The van der Waals surface area contributed by atoms with Crippen LogP contribution in [0.5, 0.6) is 0 Å². The minimum Gasteiger partial charge on any atom is -0.384 e. The Morgan fingerprint density at radius 3 is 2.42 bits per heavy atom. The number of carbonyl (C=O) groups is 6. The maximum absolute atomic E-state index is 13.3. The largest absolute Gasteiger partial charge is 0.384 e. The topological polar surface area (TPSA) is 149 Å². The second-order valence-corrected chi connectivity index (χ2v) is 11.9. The van der Waals surface area contributed by atoms with Gasteiger partial charge in [0.15, 0.2) is 0 Å². The molecule has 0 spiro atoms. The Bertz CT molecular complexity index is 1550. The number of carbonyl (C=O) groups excluding carboxylic acids is 6. The lowest BCUT2D eigenvalue weighted by atomic mass is 9.94. The summed E-state index contributed by atoms with van der Waals surface area (Å²) >= 11 is 0. The van der Waals surface area contributed by atoms with Gasteiger partial charge < -0.3 is 10.2 Å². The summed E-state index contributed by atoms with van der Waals surface area (Å²) in [6.45, 7) is 1.56. The first-order valence-corrected chi connectivity index (χ1v) is 15.6. The summed E-state index contributed by atoms with van der Waals surface area (Å²) in [7, 11) is 0. The molecule has 2 saturated heterocycles. The highest BCUT2D eigenvalue weighted by Gasteiger charge is 2.45. The molecule has 2 unspecified atom stereocenters. The molecule has 0 radical (unpaired) electrons. The average Bonchev–Trinajstić information content (AvgIpc) is 3.64. The Hall–Kier alpha value is -4.87. The Morgan fingerprint density at radius 2 is 1.67 bits per heavy atom. The molecule has 6 rings (SSSR count). The first-order chi connectivity index (χ1) is 21.8. The Morgan fingerprint density at radius 1 is 0.889 bits per heavy atom. The summed E-state index contributed by atoms with van der Waals surface area (Å²) in [6.07, 6.45) is 5.55. The third kappa shape index (κ3) is 6.09. The van der Waals surface area contributed by atoms with Crippen molar-refractivity contribution >= 4 is 47.3 Å². The Balaban J connectivity index is 0.947. The summed E-state index contributed by atoms with van der Waals surface area (Å²) in [5.41, 5.74) is 2.00. The van der Waals surface area contributed by atoms with E-state index in [4.69, 9.17) is 0 Å². The summed E-state index contributed by atoms with van der Waals surface area (Å²) in [5, 5.41) is 11.4. The van der Waals surface area contributed by atoms with E-state index < -0.39 is 29.7 Å². The van der Waals surface area contributed by atoms with Gasteiger partial charge in [-0.25, -0.2) is 5.01 Å². The van der Waals surface area contributed by atoms with Gasteiger partial charge in [-0.3, -0.25) is 39.0 Å². The number of likely N-dealkylation sites (tertiary alicyclic amines) is 1. The predicted octanol–water partition coefficient (Wildman–Crippen LogP) is 2.87. The van der Waals surface area contributed by atoms with Gasteiger partial charge in [0.25, 0.3) is 11.8 Å². The van der Waals surface area contributed by atoms with Gasteiger partial charge in [-0.05, 0) is 49.8 Å². The first-order valence-electron chi connectivity index (χ1n) is 15.6. The van der Waals surface area contributed by atoms with E-state index in [0.717, 1.165) is 10.5 Å². The lowest BCUT2D eigenvalue weighted by Gasteiger charge is -2.34. The van der Waals surface area contributed by atoms with Gasteiger partial charge in [-0.2, -0.15) is 5.10 Å². The number of hydrazone groups is 1. The molecule has 2 aromatic rings. The second kappa shape index (κ2) is 13.0. The van der Waals surface area contributed by atoms with Crippen LogP contribution in [0.3, 0.4) is 0 Å². The second-order valence-electron chi connectivity index (χ2n) is 11.9. The van der Waals surface area contributed by atoms with E-state index in [-0.39, 0.29) is 47.7 Å². The fourth-order valence-corrected chi connectivity index (χ4v) is 6.59. The van der Waals surface area contributed by atoms with Crippen molar-refractivity contribution in [2.75, 3.05) is 25.0 Å².